The lowest BCUT2D eigenvalue weighted by atomic mass is 10.1. The average molecular weight is 393 g/mol. The van der Waals surface area contributed by atoms with E-state index in [2.05, 4.69) is 5.32 Å². The van der Waals surface area contributed by atoms with E-state index in [9.17, 15) is 18.0 Å². The van der Waals surface area contributed by atoms with Gasteiger partial charge in [-0.25, -0.2) is 13.2 Å². The SMILES string of the molecule is O=C(C[NH+]1CCN(S(=O)(=O)c2ccc3c(c2)CCC3)CC1)N1CCNC1=O. The molecule has 1 aromatic carbocycles. The summed E-state index contributed by atoms with van der Waals surface area (Å²) in [5, 5.41) is 2.62. The van der Waals surface area contributed by atoms with E-state index in [4.69, 9.17) is 0 Å². The summed E-state index contributed by atoms with van der Waals surface area (Å²) in [6.45, 7) is 3.01. The lowest BCUT2D eigenvalue weighted by Crippen LogP contribution is -3.15. The number of imide groups is 1. The van der Waals surface area contributed by atoms with Crippen molar-refractivity contribution in [3.05, 3.63) is 29.3 Å². The fraction of sp³-hybridized carbons (Fsp3) is 0.556. The standard InChI is InChI=1S/C18H24N4O4S/c23-17(22-7-6-19-18(22)24)13-20-8-10-21(11-9-20)27(25,26)16-5-4-14-2-1-3-15(14)12-16/h4-5,12H,1-3,6-11,13H2,(H,19,24)/p+1. The number of sulfonamides is 1. The van der Waals surface area contributed by atoms with Crippen LogP contribution in [0.5, 0.6) is 0 Å². The van der Waals surface area contributed by atoms with Crippen molar-refractivity contribution >= 4 is 22.0 Å². The maximum atomic E-state index is 13.0. The van der Waals surface area contributed by atoms with Crippen molar-refractivity contribution in [2.45, 2.75) is 24.2 Å². The van der Waals surface area contributed by atoms with E-state index < -0.39 is 10.0 Å². The molecule has 2 saturated heterocycles. The number of hydrogen-bond acceptors (Lipinski definition) is 4. The van der Waals surface area contributed by atoms with Crippen molar-refractivity contribution in [3.63, 3.8) is 0 Å². The zero-order chi connectivity index (χ0) is 19.0. The first-order valence-corrected chi connectivity index (χ1v) is 10.9. The van der Waals surface area contributed by atoms with Gasteiger partial charge in [0.05, 0.1) is 31.1 Å². The lowest BCUT2D eigenvalue weighted by Gasteiger charge is -2.31. The summed E-state index contributed by atoms with van der Waals surface area (Å²) >= 11 is 0. The summed E-state index contributed by atoms with van der Waals surface area (Å²) in [7, 11) is -3.50. The highest BCUT2D eigenvalue weighted by Gasteiger charge is 2.34. The fourth-order valence-electron chi connectivity index (χ4n) is 4.10. The quantitative estimate of drug-likeness (QED) is 0.660. The number of carbonyl (C=O) groups excluding carboxylic acids is 2. The summed E-state index contributed by atoms with van der Waals surface area (Å²) in [6.07, 6.45) is 3.06. The maximum Gasteiger partial charge on any atom is 0.324 e. The largest absolute Gasteiger partial charge is 0.336 e. The second-order valence-corrected chi connectivity index (χ2v) is 9.33. The van der Waals surface area contributed by atoms with Crippen LogP contribution in [0.25, 0.3) is 0 Å². The Hall–Kier alpha value is -1.97. The third-order valence-corrected chi connectivity index (χ3v) is 7.59. The number of rotatable bonds is 4. The molecule has 2 aliphatic heterocycles. The van der Waals surface area contributed by atoms with Gasteiger partial charge < -0.3 is 10.2 Å². The van der Waals surface area contributed by atoms with Crippen LogP contribution in [-0.4, -0.2) is 75.4 Å². The van der Waals surface area contributed by atoms with E-state index in [1.54, 1.807) is 6.07 Å². The van der Waals surface area contributed by atoms with Gasteiger partial charge in [0.25, 0.3) is 5.91 Å². The zero-order valence-corrected chi connectivity index (χ0v) is 16.1. The Morgan fingerprint density at radius 3 is 2.56 bits per heavy atom. The van der Waals surface area contributed by atoms with Gasteiger partial charge in [-0.1, -0.05) is 6.07 Å². The molecule has 0 saturated carbocycles. The first kappa shape index (κ1) is 18.4. The Kier molecular flexibility index (Phi) is 4.92. The summed E-state index contributed by atoms with van der Waals surface area (Å²) in [4.78, 5) is 26.4. The molecule has 0 aromatic heterocycles. The first-order valence-electron chi connectivity index (χ1n) is 9.49. The van der Waals surface area contributed by atoms with Crippen molar-refractivity contribution in [3.8, 4) is 0 Å². The fourth-order valence-corrected chi connectivity index (χ4v) is 5.59. The van der Waals surface area contributed by atoms with Crippen LogP contribution >= 0.6 is 0 Å². The molecule has 2 heterocycles. The van der Waals surface area contributed by atoms with Crippen molar-refractivity contribution in [1.29, 1.82) is 0 Å². The molecular weight excluding hydrogens is 368 g/mol. The van der Waals surface area contributed by atoms with Gasteiger partial charge in [-0.15, -0.1) is 0 Å². The van der Waals surface area contributed by atoms with Crippen LogP contribution in [0, 0.1) is 0 Å². The van der Waals surface area contributed by atoms with Crippen molar-refractivity contribution in [2.75, 3.05) is 45.8 Å². The van der Waals surface area contributed by atoms with Gasteiger partial charge in [-0.05, 0) is 42.5 Å². The minimum absolute atomic E-state index is 0.199. The van der Waals surface area contributed by atoms with E-state index in [1.165, 1.54) is 14.8 Å². The molecule has 2 N–H and O–H groups in total. The first-order chi connectivity index (χ1) is 12.9. The van der Waals surface area contributed by atoms with Crippen LogP contribution in [-0.2, 0) is 27.7 Å². The number of nitrogens with one attached hydrogen (secondary N) is 2. The highest BCUT2D eigenvalue weighted by atomic mass is 32.2. The third-order valence-electron chi connectivity index (χ3n) is 5.70. The van der Waals surface area contributed by atoms with E-state index >= 15 is 0 Å². The van der Waals surface area contributed by atoms with Gasteiger partial charge in [0.2, 0.25) is 10.0 Å². The molecule has 2 fully saturated rings. The van der Waals surface area contributed by atoms with Gasteiger partial charge in [0.15, 0.2) is 6.54 Å². The number of benzene rings is 1. The molecule has 0 atom stereocenters. The molecule has 146 valence electrons. The molecule has 1 aliphatic carbocycles. The average Bonchev–Trinajstić information content (AvgIpc) is 3.30. The van der Waals surface area contributed by atoms with E-state index in [0.717, 1.165) is 29.7 Å². The molecule has 8 nitrogen and oxygen atoms in total. The van der Waals surface area contributed by atoms with Crippen molar-refractivity contribution < 1.29 is 22.9 Å². The number of piperazine rings is 1. The Balaban J connectivity index is 1.37. The minimum atomic E-state index is -3.50. The molecule has 0 spiro atoms. The molecule has 1 aromatic rings. The summed E-state index contributed by atoms with van der Waals surface area (Å²) < 4.78 is 27.4. The predicted molar refractivity (Wildman–Crippen MR) is 97.9 cm³/mol. The summed E-state index contributed by atoms with van der Waals surface area (Å²) in [6, 6.07) is 5.15. The van der Waals surface area contributed by atoms with E-state index in [0.29, 0.717) is 44.2 Å². The van der Waals surface area contributed by atoms with Gasteiger partial charge >= 0.3 is 6.03 Å². The van der Waals surface area contributed by atoms with E-state index in [1.807, 2.05) is 12.1 Å². The Morgan fingerprint density at radius 2 is 1.85 bits per heavy atom. The number of hydrogen-bond donors (Lipinski definition) is 2. The van der Waals surface area contributed by atoms with E-state index in [-0.39, 0.29) is 18.5 Å². The summed E-state index contributed by atoms with van der Waals surface area (Å²) in [5.41, 5.74) is 2.41. The van der Waals surface area contributed by atoms with Gasteiger partial charge in [0, 0.05) is 13.1 Å². The topological polar surface area (TPSA) is 91.2 Å². The number of carbonyl (C=O) groups is 2. The molecule has 27 heavy (non-hydrogen) atoms. The summed E-state index contributed by atoms with van der Waals surface area (Å²) in [5.74, 6) is -0.199. The molecule has 0 radical (unpaired) electrons. The highest BCUT2D eigenvalue weighted by Crippen LogP contribution is 2.26. The Morgan fingerprint density at radius 1 is 1.11 bits per heavy atom. The third kappa shape index (κ3) is 3.59. The number of nitrogens with zero attached hydrogens (tertiary/aromatic N) is 2. The van der Waals surface area contributed by atoms with Crippen LogP contribution in [0.2, 0.25) is 0 Å². The van der Waals surface area contributed by atoms with Gasteiger partial charge in [-0.2, -0.15) is 4.31 Å². The molecule has 4 rings (SSSR count). The molecular formula is C18H25N4O4S+. The highest BCUT2D eigenvalue weighted by molar-refractivity contribution is 7.89. The second-order valence-electron chi connectivity index (χ2n) is 7.39. The smallest absolute Gasteiger partial charge is 0.324 e. The maximum absolute atomic E-state index is 13.0. The number of amides is 3. The second kappa shape index (κ2) is 7.21. The Labute approximate surface area is 159 Å². The van der Waals surface area contributed by atoms with Crippen molar-refractivity contribution in [2.24, 2.45) is 0 Å². The number of aryl methyl sites for hydroxylation is 2. The van der Waals surface area contributed by atoms with Crippen LogP contribution in [0.1, 0.15) is 17.5 Å². The van der Waals surface area contributed by atoms with Gasteiger partial charge in [0.1, 0.15) is 0 Å². The van der Waals surface area contributed by atoms with Gasteiger partial charge in [-0.3, -0.25) is 9.69 Å². The zero-order valence-electron chi connectivity index (χ0n) is 15.2. The molecule has 0 unspecified atom stereocenters. The van der Waals surface area contributed by atoms with Crippen LogP contribution < -0.4 is 10.2 Å². The molecule has 3 aliphatic rings. The lowest BCUT2D eigenvalue weighted by molar-refractivity contribution is -0.895. The molecule has 9 heteroatoms. The molecule has 3 amide bonds. The Bertz CT molecular complexity index is 862. The normalized spacial score (nSPS) is 21.3. The van der Waals surface area contributed by atoms with Crippen LogP contribution in [0.15, 0.2) is 23.1 Å². The number of urea groups is 1. The monoisotopic (exact) mass is 393 g/mol. The minimum Gasteiger partial charge on any atom is -0.336 e. The predicted octanol–water partition coefficient (Wildman–Crippen LogP) is -1.38. The van der Waals surface area contributed by atoms with Crippen molar-refractivity contribution in [1.82, 2.24) is 14.5 Å². The number of fused-ring (bicyclic) bond motifs is 1. The van der Waals surface area contributed by atoms with Crippen LogP contribution in [0.3, 0.4) is 0 Å². The van der Waals surface area contributed by atoms with Crippen LogP contribution in [0.4, 0.5) is 4.79 Å². The molecule has 0 bridgehead atoms. The number of quaternary nitrogens is 1.